The molecule has 0 spiro atoms. The van der Waals surface area contributed by atoms with Crippen LogP contribution in [0.3, 0.4) is 0 Å². The van der Waals surface area contributed by atoms with E-state index in [-0.39, 0.29) is 11.9 Å². The number of carbonyl (C=O) groups excluding carboxylic acids is 1. The molecule has 0 saturated carbocycles. The molecule has 1 aliphatic heterocycles. The number of hydrogen-bond acceptors (Lipinski definition) is 2. The summed E-state index contributed by atoms with van der Waals surface area (Å²) in [7, 11) is 0. The molecule has 0 radical (unpaired) electrons. The van der Waals surface area contributed by atoms with Gasteiger partial charge < -0.3 is 10.1 Å². The molecular weight excluding hydrogens is 202 g/mol. The summed E-state index contributed by atoms with van der Waals surface area (Å²) in [5, 5.41) is 2.48. The smallest absolute Gasteiger partial charge is 0.237 e. The Hall–Kier alpha value is -0.280. The fourth-order valence-corrected chi connectivity index (χ4v) is 1.74. The third-order valence-corrected chi connectivity index (χ3v) is 2.90. The Morgan fingerprint density at radius 2 is 2.00 bits per heavy atom. The third kappa shape index (κ3) is 3.46. The van der Waals surface area contributed by atoms with Gasteiger partial charge in [-0.1, -0.05) is 0 Å². The number of hydrogen-bond donors (Lipinski definition) is 1. The Balaban J connectivity index is 2.32. The number of alkyl halides is 1. The first-order valence-electron chi connectivity index (χ1n) is 5.13. The number of amides is 1. The predicted molar refractivity (Wildman–Crippen MR) is 56.5 cm³/mol. The minimum atomic E-state index is -0.447. The van der Waals surface area contributed by atoms with Crippen LogP contribution >= 0.6 is 11.6 Å². The highest BCUT2D eigenvalue weighted by molar-refractivity contribution is 6.30. The molecule has 0 aromatic rings. The Morgan fingerprint density at radius 1 is 1.43 bits per heavy atom. The molecule has 2 atom stereocenters. The molecule has 0 bridgehead atoms. The second-order valence-electron chi connectivity index (χ2n) is 3.86. The number of halogens is 1. The predicted octanol–water partition coefficient (Wildman–Crippen LogP) is 1.54. The zero-order valence-electron chi connectivity index (χ0n) is 8.75. The van der Waals surface area contributed by atoms with Crippen molar-refractivity contribution in [3.63, 3.8) is 0 Å². The average molecular weight is 220 g/mol. The van der Waals surface area contributed by atoms with E-state index >= 15 is 0 Å². The quantitative estimate of drug-likeness (QED) is 0.732. The van der Waals surface area contributed by atoms with Crippen LogP contribution in [0.5, 0.6) is 0 Å². The summed E-state index contributed by atoms with van der Waals surface area (Å²) in [5.41, 5.74) is 0. The highest BCUT2D eigenvalue weighted by Crippen LogP contribution is 2.18. The van der Waals surface area contributed by atoms with E-state index in [1.165, 1.54) is 0 Å². The van der Waals surface area contributed by atoms with E-state index in [0.29, 0.717) is 5.92 Å². The van der Waals surface area contributed by atoms with Crippen LogP contribution in [0.4, 0.5) is 0 Å². The molecule has 1 N–H and O–H groups in total. The molecule has 1 heterocycles. The molecule has 2 unspecified atom stereocenters. The lowest BCUT2D eigenvalue weighted by Crippen LogP contribution is -2.42. The van der Waals surface area contributed by atoms with Gasteiger partial charge in [-0.25, -0.2) is 0 Å². The van der Waals surface area contributed by atoms with E-state index in [2.05, 4.69) is 5.32 Å². The highest BCUT2D eigenvalue weighted by atomic mass is 35.5. The monoisotopic (exact) mass is 219 g/mol. The van der Waals surface area contributed by atoms with Crippen molar-refractivity contribution < 1.29 is 9.53 Å². The van der Waals surface area contributed by atoms with Crippen molar-refractivity contribution in [1.82, 2.24) is 5.32 Å². The van der Waals surface area contributed by atoms with E-state index in [0.717, 1.165) is 26.1 Å². The largest absolute Gasteiger partial charge is 0.381 e. The van der Waals surface area contributed by atoms with E-state index in [9.17, 15) is 4.79 Å². The molecule has 4 heteroatoms. The highest BCUT2D eigenvalue weighted by Gasteiger charge is 2.22. The molecule has 1 rings (SSSR count). The van der Waals surface area contributed by atoms with Crippen molar-refractivity contribution in [2.75, 3.05) is 13.2 Å². The first-order valence-corrected chi connectivity index (χ1v) is 5.57. The maximum Gasteiger partial charge on any atom is 0.237 e. The van der Waals surface area contributed by atoms with Crippen molar-refractivity contribution in [2.45, 2.75) is 38.1 Å². The van der Waals surface area contributed by atoms with Gasteiger partial charge in [-0.15, -0.1) is 11.6 Å². The van der Waals surface area contributed by atoms with Crippen LogP contribution in [-0.2, 0) is 9.53 Å². The van der Waals surface area contributed by atoms with Gasteiger partial charge in [-0.05, 0) is 32.6 Å². The van der Waals surface area contributed by atoms with Crippen LogP contribution in [0.1, 0.15) is 26.7 Å². The van der Waals surface area contributed by atoms with Gasteiger partial charge in [0, 0.05) is 19.3 Å². The number of carbonyl (C=O) groups is 1. The van der Waals surface area contributed by atoms with Gasteiger partial charge in [0.2, 0.25) is 5.91 Å². The minimum absolute atomic E-state index is 0.0781. The van der Waals surface area contributed by atoms with Gasteiger partial charge in [-0.2, -0.15) is 0 Å². The zero-order valence-corrected chi connectivity index (χ0v) is 9.51. The maximum absolute atomic E-state index is 11.3. The molecule has 1 amide bonds. The van der Waals surface area contributed by atoms with Crippen LogP contribution in [-0.4, -0.2) is 30.5 Å². The van der Waals surface area contributed by atoms with Gasteiger partial charge in [0.25, 0.3) is 0 Å². The summed E-state index contributed by atoms with van der Waals surface area (Å²) in [6, 6.07) is 0.201. The van der Waals surface area contributed by atoms with Crippen LogP contribution in [0.2, 0.25) is 0 Å². The fourth-order valence-electron chi connectivity index (χ4n) is 1.67. The van der Waals surface area contributed by atoms with Crippen LogP contribution in [0.25, 0.3) is 0 Å². The Kier molecular flexibility index (Phi) is 4.69. The average Bonchev–Trinajstić information content (AvgIpc) is 2.19. The van der Waals surface area contributed by atoms with Crippen LogP contribution < -0.4 is 5.32 Å². The summed E-state index contributed by atoms with van der Waals surface area (Å²) in [4.78, 5) is 11.3. The van der Waals surface area contributed by atoms with Gasteiger partial charge in [-0.3, -0.25) is 4.79 Å². The summed E-state index contributed by atoms with van der Waals surface area (Å²) < 4.78 is 5.26. The number of ether oxygens (including phenoxy) is 1. The molecule has 14 heavy (non-hydrogen) atoms. The van der Waals surface area contributed by atoms with Crippen molar-refractivity contribution >= 4 is 17.5 Å². The lowest BCUT2D eigenvalue weighted by atomic mass is 9.93. The number of nitrogens with one attached hydrogen (secondary N) is 1. The Bertz CT molecular complexity index is 191. The summed E-state index contributed by atoms with van der Waals surface area (Å²) in [5.74, 6) is 0.453. The molecular formula is C10H18ClNO2. The molecule has 3 nitrogen and oxygen atoms in total. The van der Waals surface area contributed by atoms with E-state index < -0.39 is 5.38 Å². The van der Waals surface area contributed by atoms with Crippen molar-refractivity contribution in [3.8, 4) is 0 Å². The summed E-state index contributed by atoms with van der Waals surface area (Å²) in [6.07, 6.45) is 2.05. The zero-order chi connectivity index (χ0) is 10.6. The molecule has 0 aromatic carbocycles. The number of rotatable bonds is 3. The van der Waals surface area contributed by atoms with E-state index in [1.54, 1.807) is 6.92 Å². The van der Waals surface area contributed by atoms with Crippen LogP contribution in [0, 0.1) is 5.92 Å². The Labute approximate surface area is 90.1 Å². The second kappa shape index (κ2) is 5.56. The molecule has 1 aliphatic rings. The van der Waals surface area contributed by atoms with Gasteiger partial charge in [0.05, 0.1) is 0 Å². The van der Waals surface area contributed by atoms with Crippen molar-refractivity contribution in [1.29, 1.82) is 0 Å². The molecule has 0 aromatic heterocycles. The Morgan fingerprint density at radius 3 is 2.50 bits per heavy atom. The van der Waals surface area contributed by atoms with Gasteiger partial charge in [0.15, 0.2) is 0 Å². The maximum atomic E-state index is 11.3. The standard InChI is InChI=1S/C10H18ClNO2/c1-7(11)10(13)12-8(2)9-3-5-14-6-4-9/h7-9H,3-6H2,1-2H3,(H,12,13). The normalized spacial score (nSPS) is 22.8. The lowest BCUT2D eigenvalue weighted by molar-refractivity contribution is -0.121. The van der Waals surface area contributed by atoms with Gasteiger partial charge >= 0.3 is 0 Å². The molecule has 0 aliphatic carbocycles. The SMILES string of the molecule is CC(Cl)C(=O)NC(C)C1CCOCC1. The van der Waals surface area contributed by atoms with Crippen molar-refractivity contribution in [3.05, 3.63) is 0 Å². The fraction of sp³-hybridized carbons (Fsp3) is 0.900. The first kappa shape index (κ1) is 11.8. The second-order valence-corrected chi connectivity index (χ2v) is 4.52. The first-order chi connectivity index (χ1) is 6.61. The third-order valence-electron chi connectivity index (χ3n) is 2.70. The molecule has 82 valence electrons. The van der Waals surface area contributed by atoms with Gasteiger partial charge in [0.1, 0.15) is 5.38 Å². The van der Waals surface area contributed by atoms with Crippen molar-refractivity contribution in [2.24, 2.45) is 5.92 Å². The van der Waals surface area contributed by atoms with E-state index in [4.69, 9.17) is 16.3 Å². The lowest BCUT2D eigenvalue weighted by Gasteiger charge is -2.28. The molecule has 1 saturated heterocycles. The van der Waals surface area contributed by atoms with Crippen LogP contribution in [0.15, 0.2) is 0 Å². The topological polar surface area (TPSA) is 38.3 Å². The summed E-state index contributed by atoms with van der Waals surface area (Å²) in [6.45, 7) is 5.34. The molecule has 1 fully saturated rings. The summed E-state index contributed by atoms with van der Waals surface area (Å²) >= 11 is 5.67. The van der Waals surface area contributed by atoms with E-state index in [1.807, 2.05) is 6.92 Å². The minimum Gasteiger partial charge on any atom is -0.381 e.